The number of hydrogen-bond donors (Lipinski definition) is 1. The van der Waals surface area contributed by atoms with Crippen LogP contribution in [0.5, 0.6) is 0 Å². The number of nitrogens with zero attached hydrogens (tertiary/aromatic N) is 2. The van der Waals surface area contributed by atoms with Crippen molar-refractivity contribution < 1.29 is 9.53 Å². The van der Waals surface area contributed by atoms with Crippen molar-refractivity contribution >= 4 is 12.3 Å². The van der Waals surface area contributed by atoms with E-state index in [2.05, 4.69) is 9.84 Å². The third-order valence-electron chi connectivity index (χ3n) is 0.554. The lowest BCUT2D eigenvalue weighted by Gasteiger charge is -1.96. The normalized spacial score (nSPS) is 8.80. The quantitative estimate of drug-likeness (QED) is 0.442. The fourth-order valence-corrected chi connectivity index (χ4v) is 0.277. The minimum Gasteiger partial charge on any atom is -0.449 e. The number of carbonyl (C=O) groups excluding carboxylic acids is 1. The van der Waals surface area contributed by atoms with Crippen LogP contribution in [0, 0.1) is 11.3 Å². The zero-order valence-electron chi connectivity index (χ0n) is 5.50. The van der Waals surface area contributed by atoms with Crippen molar-refractivity contribution in [1.29, 1.82) is 5.26 Å². The maximum atomic E-state index is 10.4. The first-order valence-corrected chi connectivity index (χ1v) is 2.65. The topological polar surface area (TPSA) is 74.5 Å². The molecule has 0 heterocycles. The van der Waals surface area contributed by atoms with Gasteiger partial charge in [-0.05, 0) is 6.92 Å². The van der Waals surface area contributed by atoms with E-state index in [9.17, 15) is 4.79 Å². The molecule has 0 aliphatic rings. The Balaban J connectivity index is 3.41. The summed E-state index contributed by atoms with van der Waals surface area (Å²) in [5.41, 5.74) is 1.97. The fraction of sp³-hybridized carbons (Fsp3) is 0.400. The zero-order valence-corrected chi connectivity index (χ0v) is 5.50. The van der Waals surface area contributed by atoms with Crippen molar-refractivity contribution in [3.63, 3.8) is 0 Å². The molecule has 0 radical (unpaired) electrons. The molecular formula is C5H7N3O2. The second kappa shape index (κ2) is 5.56. The molecule has 0 saturated heterocycles. The van der Waals surface area contributed by atoms with E-state index in [0.717, 1.165) is 6.21 Å². The van der Waals surface area contributed by atoms with Gasteiger partial charge in [-0.2, -0.15) is 10.4 Å². The first-order valence-electron chi connectivity index (χ1n) is 2.65. The standard InChI is InChI=1S/C5H7N3O2/c1-2-10-5(9)8-7-4-3-6/h4H,2H2,1H3,(H,8,9)/b7-4+. The summed E-state index contributed by atoms with van der Waals surface area (Å²) in [6.07, 6.45) is 0.241. The maximum absolute atomic E-state index is 10.4. The number of amides is 1. The Bertz CT molecular complexity index is 170. The largest absolute Gasteiger partial charge is 0.449 e. The summed E-state index contributed by atoms with van der Waals surface area (Å²) in [4.78, 5) is 10.4. The van der Waals surface area contributed by atoms with Crippen molar-refractivity contribution in [2.45, 2.75) is 6.92 Å². The molecule has 0 bridgehead atoms. The lowest BCUT2D eigenvalue weighted by atomic mass is 10.9. The fourth-order valence-electron chi connectivity index (χ4n) is 0.277. The summed E-state index contributed by atoms with van der Waals surface area (Å²) < 4.78 is 4.42. The van der Waals surface area contributed by atoms with Crippen LogP contribution in [0.25, 0.3) is 0 Å². The van der Waals surface area contributed by atoms with Gasteiger partial charge in [0, 0.05) is 0 Å². The molecule has 5 nitrogen and oxygen atoms in total. The maximum Gasteiger partial charge on any atom is 0.427 e. The summed E-state index contributed by atoms with van der Waals surface area (Å²) >= 11 is 0. The predicted octanol–water partition coefficient (Wildman–Crippen LogP) is 0.242. The van der Waals surface area contributed by atoms with Gasteiger partial charge in [-0.3, -0.25) is 0 Å². The SMILES string of the molecule is CCOC(=O)N/N=C/C#N. The summed E-state index contributed by atoms with van der Waals surface area (Å²) in [7, 11) is 0. The third kappa shape index (κ3) is 4.59. The van der Waals surface area contributed by atoms with E-state index in [1.807, 2.05) is 5.43 Å². The Morgan fingerprint density at radius 1 is 2.00 bits per heavy atom. The predicted molar refractivity (Wildman–Crippen MR) is 34.3 cm³/mol. The van der Waals surface area contributed by atoms with Gasteiger partial charge in [0.2, 0.25) is 0 Å². The van der Waals surface area contributed by atoms with Crippen LogP contribution >= 0.6 is 0 Å². The second-order valence-electron chi connectivity index (χ2n) is 1.22. The molecule has 54 valence electrons. The molecule has 1 N–H and O–H groups in total. The van der Waals surface area contributed by atoms with E-state index in [0.29, 0.717) is 0 Å². The highest BCUT2D eigenvalue weighted by atomic mass is 16.5. The van der Waals surface area contributed by atoms with Crippen LogP contribution in [0.4, 0.5) is 4.79 Å². The molecule has 0 aromatic rings. The number of rotatable bonds is 2. The lowest BCUT2D eigenvalue weighted by molar-refractivity contribution is 0.152. The van der Waals surface area contributed by atoms with Gasteiger partial charge in [-0.15, -0.1) is 0 Å². The average molecular weight is 141 g/mol. The highest BCUT2D eigenvalue weighted by Crippen LogP contribution is 1.73. The Hall–Kier alpha value is -1.57. The van der Waals surface area contributed by atoms with E-state index in [-0.39, 0.29) is 6.61 Å². The van der Waals surface area contributed by atoms with Crippen LogP contribution in [-0.2, 0) is 4.74 Å². The van der Waals surface area contributed by atoms with E-state index in [1.54, 1.807) is 13.0 Å². The third-order valence-corrected chi connectivity index (χ3v) is 0.554. The van der Waals surface area contributed by atoms with Gasteiger partial charge >= 0.3 is 6.09 Å². The molecule has 5 heteroatoms. The van der Waals surface area contributed by atoms with Crippen LogP contribution < -0.4 is 5.43 Å². The van der Waals surface area contributed by atoms with Crippen LogP contribution in [0.3, 0.4) is 0 Å². The van der Waals surface area contributed by atoms with Gasteiger partial charge in [0.1, 0.15) is 12.3 Å². The molecule has 0 aliphatic heterocycles. The van der Waals surface area contributed by atoms with Gasteiger partial charge in [0.05, 0.1) is 6.61 Å². The number of nitriles is 1. The van der Waals surface area contributed by atoms with Gasteiger partial charge in [0.25, 0.3) is 0 Å². The molecule has 0 aliphatic carbocycles. The lowest BCUT2D eigenvalue weighted by Crippen LogP contribution is -2.18. The zero-order chi connectivity index (χ0) is 7.82. The van der Waals surface area contributed by atoms with Gasteiger partial charge in [-0.1, -0.05) is 0 Å². The van der Waals surface area contributed by atoms with E-state index in [4.69, 9.17) is 5.26 Å². The van der Waals surface area contributed by atoms with E-state index in [1.165, 1.54) is 0 Å². The summed E-state index contributed by atoms with van der Waals surface area (Å²) in [5, 5.41) is 11.1. The first kappa shape index (κ1) is 8.43. The van der Waals surface area contributed by atoms with E-state index >= 15 is 0 Å². The van der Waals surface area contributed by atoms with Crippen molar-refractivity contribution in [3.8, 4) is 6.07 Å². The van der Waals surface area contributed by atoms with E-state index < -0.39 is 6.09 Å². The molecule has 0 rings (SSSR count). The van der Waals surface area contributed by atoms with Crippen LogP contribution in [-0.4, -0.2) is 18.9 Å². The molecule has 0 aromatic carbocycles. The smallest absolute Gasteiger partial charge is 0.427 e. The molecule has 0 atom stereocenters. The summed E-state index contributed by atoms with van der Waals surface area (Å²) in [6, 6.07) is 1.60. The van der Waals surface area contributed by atoms with Gasteiger partial charge in [-0.25, -0.2) is 10.2 Å². The van der Waals surface area contributed by atoms with Crippen LogP contribution in [0.15, 0.2) is 5.10 Å². The highest BCUT2D eigenvalue weighted by Gasteiger charge is 1.93. The minimum atomic E-state index is -0.658. The average Bonchev–Trinajstić information content (AvgIpc) is 1.89. The minimum absolute atomic E-state index is 0.286. The molecule has 0 unspecified atom stereocenters. The molecular weight excluding hydrogens is 134 g/mol. The summed E-state index contributed by atoms with van der Waals surface area (Å²) in [5.74, 6) is 0. The molecule has 0 spiro atoms. The van der Waals surface area contributed by atoms with Crippen LogP contribution in [0.2, 0.25) is 0 Å². The monoisotopic (exact) mass is 141 g/mol. The Kier molecular flexibility index (Phi) is 4.69. The number of ether oxygens (including phenoxy) is 1. The molecule has 0 fully saturated rings. The number of carbonyl (C=O) groups is 1. The Morgan fingerprint density at radius 2 is 2.70 bits per heavy atom. The Labute approximate surface area is 58.3 Å². The van der Waals surface area contributed by atoms with Crippen LogP contribution in [0.1, 0.15) is 6.92 Å². The molecule has 0 aromatic heterocycles. The van der Waals surface area contributed by atoms with Crippen molar-refractivity contribution in [1.82, 2.24) is 5.43 Å². The number of hydrazone groups is 1. The number of nitrogens with one attached hydrogen (secondary N) is 1. The van der Waals surface area contributed by atoms with Gasteiger partial charge < -0.3 is 4.74 Å². The van der Waals surface area contributed by atoms with Gasteiger partial charge in [0.15, 0.2) is 0 Å². The molecule has 10 heavy (non-hydrogen) atoms. The second-order valence-corrected chi connectivity index (χ2v) is 1.22. The Morgan fingerprint density at radius 3 is 3.20 bits per heavy atom. The highest BCUT2D eigenvalue weighted by molar-refractivity contribution is 5.76. The van der Waals surface area contributed by atoms with Crippen molar-refractivity contribution in [3.05, 3.63) is 0 Å². The molecule has 1 amide bonds. The molecule has 0 saturated carbocycles. The first-order chi connectivity index (χ1) is 4.81. The van der Waals surface area contributed by atoms with Crippen molar-refractivity contribution in [2.24, 2.45) is 5.10 Å². The summed E-state index contributed by atoms with van der Waals surface area (Å²) in [6.45, 7) is 1.96. The van der Waals surface area contributed by atoms with Crippen molar-refractivity contribution in [2.75, 3.05) is 6.61 Å². The number of hydrogen-bond acceptors (Lipinski definition) is 4.